The molecule has 0 fully saturated rings. The lowest BCUT2D eigenvalue weighted by atomic mass is 10.3. The molecule has 1 rings (SSSR count). The van der Waals surface area contributed by atoms with Crippen LogP contribution in [0.4, 0.5) is 9.18 Å². The van der Waals surface area contributed by atoms with E-state index in [1.54, 1.807) is 0 Å². The maximum Gasteiger partial charge on any atom is 0.409 e. The standard InChI is InChI=1S/C7H5FNO2/c8-5-2-1-3-6(4-5)11-7(9)10/h1,3-4H,(H2,9,10). The third kappa shape index (κ3) is 2.25. The first-order valence-corrected chi connectivity index (χ1v) is 2.83. The molecule has 11 heavy (non-hydrogen) atoms. The Balaban J connectivity index is 2.79. The maximum absolute atomic E-state index is 12.3. The Morgan fingerprint density at radius 3 is 3.00 bits per heavy atom. The molecule has 0 aliphatic rings. The number of ether oxygens (including phenoxy) is 1. The number of hydrogen-bond donors (Lipinski definition) is 1. The van der Waals surface area contributed by atoms with Crippen LogP contribution >= 0.6 is 0 Å². The van der Waals surface area contributed by atoms with Gasteiger partial charge in [-0.25, -0.2) is 9.18 Å². The van der Waals surface area contributed by atoms with Crippen LogP contribution in [0.2, 0.25) is 0 Å². The van der Waals surface area contributed by atoms with Gasteiger partial charge in [-0.05, 0) is 12.1 Å². The summed E-state index contributed by atoms with van der Waals surface area (Å²) in [6, 6.07) is 5.95. The minimum Gasteiger partial charge on any atom is -0.410 e. The lowest BCUT2D eigenvalue weighted by molar-refractivity contribution is 0.210. The molecule has 0 saturated heterocycles. The first-order chi connectivity index (χ1) is 5.18. The molecule has 0 aliphatic carbocycles. The van der Waals surface area contributed by atoms with Crippen molar-refractivity contribution in [3.05, 3.63) is 30.1 Å². The molecule has 1 aromatic rings. The number of halogens is 1. The number of hydrogen-bond acceptors (Lipinski definition) is 2. The van der Waals surface area contributed by atoms with Crippen molar-refractivity contribution in [3.8, 4) is 5.75 Å². The van der Waals surface area contributed by atoms with E-state index >= 15 is 0 Å². The fourth-order valence-corrected chi connectivity index (χ4v) is 0.598. The van der Waals surface area contributed by atoms with Crippen molar-refractivity contribution in [3.63, 3.8) is 0 Å². The van der Waals surface area contributed by atoms with E-state index in [1.165, 1.54) is 12.1 Å². The Morgan fingerprint density at radius 2 is 2.45 bits per heavy atom. The van der Waals surface area contributed by atoms with Crippen molar-refractivity contribution in [1.29, 1.82) is 0 Å². The van der Waals surface area contributed by atoms with Crippen molar-refractivity contribution in [2.45, 2.75) is 0 Å². The van der Waals surface area contributed by atoms with Crippen LogP contribution < -0.4 is 10.5 Å². The molecule has 0 heterocycles. The van der Waals surface area contributed by atoms with E-state index in [4.69, 9.17) is 0 Å². The molecule has 0 aliphatic heterocycles. The topological polar surface area (TPSA) is 52.3 Å². The fourth-order valence-electron chi connectivity index (χ4n) is 0.598. The van der Waals surface area contributed by atoms with Crippen LogP contribution in [0.1, 0.15) is 0 Å². The molecular formula is C7H5FNO2. The van der Waals surface area contributed by atoms with Crippen molar-refractivity contribution < 1.29 is 13.9 Å². The number of carbonyl (C=O) groups is 1. The van der Waals surface area contributed by atoms with E-state index in [2.05, 4.69) is 16.5 Å². The molecule has 0 atom stereocenters. The summed E-state index contributed by atoms with van der Waals surface area (Å²) in [5, 5.41) is 0. The van der Waals surface area contributed by atoms with E-state index in [1.807, 2.05) is 0 Å². The summed E-state index contributed by atoms with van der Waals surface area (Å²) in [5.74, 6) is -0.516. The van der Waals surface area contributed by atoms with Gasteiger partial charge in [0, 0.05) is 12.1 Å². The molecule has 0 spiro atoms. The van der Waals surface area contributed by atoms with Crippen molar-refractivity contribution in [2.24, 2.45) is 5.73 Å². The monoisotopic (exact) mass is 154 g/mol. The van der Waals surface area contributed by atoms with Gasteiger partial charge in [-0.1, -0.05) is 0 Å². The normalized spacial score (nSPS) is 9.18. The smallest absolute Gasteiger partial charge is 0.409 e. The third-order valence-electron chi connectivity index (χ3n) is 0.956. The lowest BCUT2D eigenvalue weighted by Crippen LogP contribution is -2.16. The first kappa shape index (κ1) is 7.53. The summed E-state index contributed by atoms with van der Waals surface area (Å²) >= 11 is 0. The summed E-state index contributed by atoms with van der Waals surface area (Å²) in [5.41, 5.74) is 4.68. The molecule has 0 saturated carbocycles. The van der Waals surface area contributed by atoms with Crippen LogP contribution in [0.3, 0.4) is 0 Å². The molecule has 0 unspecified atom stereocenters. The van der Waals surface area contributed by atoms with E-state index < -0.39 is 11.9 Å². The van der Waals surface area contributed by atoms with Crippen LogP contribution in [0.25, 0.3) is 0 Å². The zero-order chi connectivity index (χ0) is 8.27. The Hall–Kier alpha value is -1.58. The summed E-state index contributed by atoms with van der Waals surface area (Å²) in [7, 11) is 0. The van der Waals surface area contributed by atoms with E-state index in [-0.39, 0.29) is 5.75 Å². The quantitative estimate of drug-likeness (QED) is 0.658. The minimum atomic E-state index is -0.962. The molecule has 1 aromatic carbocycles. The van der Waals surface area contributed by atoms with Gasteiger partial charge < -0.3 is 10.5 Å². The molecule has 3 nitrogen and oxygen atoms in total. The maximum atomic E-state index is 12.3. The number of benzene rings is 1. The van der Waals surface area contributed by atoms with Crippen molar-refractivity contribution in [1.82, 2.24) is 0 Å². The van der Waals surface area contributed by atoms with Crippen LogP contribution in [0, 0.1) is 11.9 Å². The van der Waals surface area contributed by atoms with Gasteiger partial charge in [0.2, 0.25) is 0 Å². The summed E-state index contributed by atoms with van der Waals surface area (Å²) in [6.07, 6.45) is -0.962. The average Bonchev–Trinajstić information content (AvgIpc) is 1.85. The number of nitrogens with two attached hydrogens (primary N) is 1. The van der Waals surface area contributed by atoms with E-state index in [0.717, 1.165) is 6.07 Å². The SMILES string of the molecule is NC(=O)Oc1cc[c]c(F)c1. The van der Waals surface area contributed by atoms with Crippen LogP contribution in [-0.2, 0) is 0 Å². The molecule has 0 aromatic heterocycles. The largest absolute Gasteiger partial charge is 0.410 e. The van der Waals surface area contributed by atoms with Gasteiger partial charge in [-0.2, -0.15) is 0 Å². The summed E-state index contributed by atoms with van der Waals surface area (Å²) < 4.78 is 16.7. The molecule has 57 valence electrons. The molecule has 0 bridgehead atoms. The molecule has 1 radical (unpaired) electrons. The van der Waals surface area contributed by atoms with Gasteiger partial charge in [0.25, 0.3) is 0 Å². The van der Waals surface area contributed by atoms with Gasteiger partial charge in [0.05, 0.1) is 0 Å². The number of primary amides is 1. The predicted molar refractivity (Wildman–Crippen MR) is 35.4 cm³/mol. The molecule has 1 amide bonds. The van der Waals surface area contributed by atoms with Gasteiger partial charge >= 0.3 is 6.09 Å². The lowest BCUT2D eigenvalue weighted by Gasteiger charge is -1.98. The second-order valence-corrected chi connectivity index (χ2v) is 1.79. The highest BCUT2D eigenvalue weighted by Crippen LogP contribution is 2.10. The van der Waals surface area contributed by atoms with Crippen LogP contribution in [0.5, 0.6) is 5.75 Å². The minimum absolute atomic E-state index is 0.0775. The van der Waals surface area contributed by atoms with E-state index in [9.17, 15) is 9.18 Å². The Kier molecular flexibility index (Phi) is 2.06. The Labute approximate surface area is 62.6 Å². The first-order valence-electron chi connectivity index (χ1n) is 2.83. The third-order valence-corrected chi connectivity index (χ3v) is 0.956. The second kappa shape index (κ2) is 3.01. The highest BCUT2D eigenvalue weighted by atomic mass is 19.1. The Morgan fingerprint density at radius 1 is 1.73 bits per heavy atom. The van der Waals surface area contributed by atoms with E-state index in [0.29, 0.717) is 0 Å². The van der Waals surface area contributed by atoms with Crippen molar-refractivity contribution in [2.75, 3.05) is 0 Å². The predicted octanol–water partition coefficient (Wildman–Crippen LogP) is 1.08. The molecule has 4 heteroatoms. The van der Waals surface area contributed by atoms with Gasteiger partial charge in [0.15, 0.2) is 0 Å². The van der Waals surface area contributed by atoms with Crippen LogP contribution in [-0.4, -0.2) is 6.09 Å². The Bertz CT molecular complexity index is 275. The highest BCUT2D eigenvalue weighted by molar-refractivity contribution is 5.67. The summed E-state index contributed by atoms with van der Waals surface area (Å²) in [6.45, 7) is 0. The number of carbonyl (C=O) groups excluding carboxylic acids is 1. The highest BCUT2D eigenvalue weighted by Gasteiger charge is 1.98. The number of rotatable bonds is 1. The van der Waals surface area contributed by atoms with Gasteiger partial charge in [0.1, 0.15) is 11.6 Å². The zero-order valence-electron chi connectivity index (χ0n) is 5.50. The van der Waals surface area contributed by atoms with Gasteiger partial charge in [-0.15, -0.1) is 0 Å². The van der Waals surface area contributed by atoms with Gasteiger partial charge in [-0.3, -0.25) is 0 Å². The zero-order valence-corrected chi connectivity index (χ0v) is 5.50. The average molecular weight is 154 g/mol. The van der Waals surface area contributed by atoms with Crippen molar-refractivity contribution >= 4 is 6.09 Å². The summed E-state index contributed by atoms with van der Waals surface area (Å²) in [4.78, 5) is 10.1. The van der Waals surface area contributed by atoms with Crippen LogP contribution in [0.15, 0.2) is 18.2 Å². The fraction of sp³-hybridized carbons (Fsp3) is 0. The second-order valence-electron chi connectivity index (χ2n) is 1.79. The molecule has 2 N–H and O–H groups in total. The number of amides is 1. The molecular weight excluding hydrogens is 149 g/mol.